The molecule has 0 aromatic heterocycles. The molecule has 0 bridgehead atoms. The fraction of sp³-hybridized carbons (Fsp3) is 0.556. The van der Waals surface area contributed by atoms with E-state index in [1.54, 1.807) is 0 Å². The zero-order valence-electron chi connectivity index (χ0n) is 12.9. The van der Waals surface area contributed by atoms with Gasteiger partial charge in [-0.1, -0.05) is 44.7 Å². The van der Waals surface area contributed by atoms with Gasteiger partial charge >= 0.3 is 0 Å². The number of hydrogen-bond acceptors (Lipinski definition) is 2. The van der Waals surface area contributed by atoms with Crippen LogP contribution in [0.1, 0.15) is 38.3 Å². The minimum atomic E-state index is 0.420. The molecule has 1 aliphatic rings. The summed E-state index contributed by atoms with van der Waals surface area (Å²) < 4.78 is 0. The van der Waals surface area contributed by atoms with Gasteiger partial charge in [-0.25, -0.2) is 0 Å². The Morgan fingerprint density at radius 3 is 2.50 bits per heavy atom. The van der Waals surface area contributed by atoms with Gasteiger partial charge in [0.05, 0.1) is 6.54 Å². The molecule has 2 rings (SSSR count). The van der Waals surface area contributed by atoms with Gasteiger partial charge in [0, 0.05) is 18.7 Å². The third-order valence-corrected chi connectivity index (χ3v) is 4.19. The van der Waals surface area contributed by atoms with Crippen molar-refractivity contribution in [1.82, 2.24) is 4.90 Å². The first-order valence-corrected chi connectivity index (χ1v) is 7.49. The molecular weight excluding hydrogens is 244 g/mol. The molecule has 1 heterocycles. The maximum absolute atomic E-state index is 5.38. The van der Waals surface area contributed by atoms with Crippen LogP contribution in [-0.2, 0) is 6.54 Å². The first-order chi connectivity index (χ1) is 9.49. The van der Waals surface area contributed by atoms with Gasteiger partial charge in [0.25, 0.3) is 0 Å². The fourth-order valence-corrected chi connectivity index (χ4v) is 2.79. The number of nitrogens with zero attached hydrogens (tertiary/aromatic N) is 1. The lowest BCUT2D eigenvalue weighted by atomic mass is 9.80. The molecule has 1 saturated heterocycles. The van der Waals surface area contributed by atoms with E-state index in [1.807, 2.05) is 0 Å². The Kier molecular flexibility index (Phi) is 4.86. The number of nitrogens with two attached hydrogens (primary N) is 1. The van der Waals surface area contributed by atoms with Crippen LogP contribution in [-0.4, -0.2) is 24.5 Å². The summed E-state index contributed by atoms with van der Waals surface area (Å²) >= 11 is 0. The summed E-state index contributed by atoms with van der Waals surface area (Å²) in [6.45, 7) is 11.0. The smallest absolute Gasteiger partial charge is 0.0555 e. The Hall–Kier alpha value is -1.30. The Balaban J connectivity index is 1.91. The maximum Gasteiger partial charge on any atom is 0.0555 e. The predicted molar refractivity (Wildman–Crippen MR) is 85.2 cm³/mol. The van der Waals surface area contributed by atoms with E-state index < -0.39 is 0 Å². The first kappa shape index (κ1) is 15.1. The van der Waals surface area contributed by atoms with Crippen molar-refractivity contribution < 1.29 is 0 Å². The highest BCUT2D eigenvalue weighted by Crippen LogP contribution is 2.34. The SMILES string of the molecule is CC(C)(C)C1CCN(Cc2ccc(C#CCN)cc2)C1. The van der Waals surface area contributed by atoms with Gasteiger partial charge in [-0.15, -0.1) is 0 Å². The summed E-state index contributed by atoms with van der Waals surface area (Å²) in [6.07, 6.45) is 1.32. The maximum atomic E-state index is 5.38. The van der Waals surface area contributed by atoms with Crippen LogP contribution in [0.5, 0.6) is 0 Å². The van der Waals surface area contributed by atoms with E-state index in [1.165, 1.54) is 25.1 Å². The second-order valence-electron chi connectivity index (χ2n) is 6.79. The lowest BCUT2D eigenvalue weighted by Crippen LogP contribution is -2.25. The molecule has 2 heteroatoms. The molecule has 2 N–H and O–H groups in total. The molecule has 0 radical (unpaired) electrons. The molecule has 1 aromatic rings. The molecule has 1 aromatic carbocycles. The van der Waals surface area contributed by atoms with Crippen molar-refractivity contribution >= 4 is 0 Å². The minimum Gasteiger partial charge on any atom is -0.320 e. The summed E-state index contributed by atoms with van der Waals surface area (Å²) in [5, 5.41) is 0. The van der Waals surface area contributed by atoms with Crippen molar-refractivity contribution in [2.45, 2.75) is 33.7 Å². The highest BCUT2D eigenvalue weighted by atomic mass is 15.1. The van der Waals surface area contributed by atoms with Crippen LogP contribution in [0, 0.1) is 23.2 Å². The van der Waals surface area contributed by atoms with Gasteiger partial charge in [0.1, 0.15) is 0 Å². The van der Waals surface area contributed by atoms with Gasteiger partial charge in [0.15, 0.2) is 0 Å². The van der Waals surface area contributed by atoms with Crippen LogP contribution < -0.4 is 5.73 Å². The molecule has 0 spiro atoms. The first-order valence-electron chi connectivity index (χ1n) is 7.49. The summed E-state index contributed by atoms with van der Waals surface area (Å²) in [5.41, 5.74) is 8.23. The lowest BCUT2D eigenvalue weighted by Gasteiger charge is -2.27. The van der Waals surface area contributed by atoms with E-state index in [9.17, 15) is 0 Å². The summed E-state index contributed by atoms with van der Waals surface area (Å²) in [4.78, 5) is 2.57. The average molecular weight is 270 g/mol. The highest BCUT2D eigenvalue weighted by Gasteiger charge is 2.31. The summed E-state index contributed by atoms with van der Waals surface area (Å²) in [7, 11) is 0. The van der Waals surface area contributed by atoms with Crippen molar-refractivity contribution in [2.24, 2.45) is 17.1 Å². The standard InChI is InChI=1S/C18H26N2/c1-18(2,3)17-10-12-20(14-17)13-16-8-6-15(7-9-16)5-4-11-19/h6-9,17H,10-14,19H2,1-3H3. The molecule has 1 atom stereocenters. The summed E-state index contributed by atoms with van der Waals surface area (Å²) in [6, 6.07) is 8.56. The van der Waals surface area contributed by atoms with Gasteiger partial charge in [0.2, 0.25) is 0 Å². The van der Waals surface area contributed by atoms with Crippen molar-refractivity contribution in [3.63, 3.8) is 0 Å². The Labute approximate surface area is 123 Å². The van der Waals surface area contributed by atoms with Crippen LogP contribution in [0.4, 0.5) is 0 Å². The third-order valence-electron chi connectivity index (χ3n) is 4.19. The highest BCUT2D eigenvalue weighted by molar-refractivity contribution is 5.36. The monoisotopic (exact) mass is 270 g/mol. The van der Waals surface area contributed by atoms with Crippen LogP contribution in [0.25, 0.3) is 0 Å². The molecule has 0 saturated carbocycles. The van der Waals surface area contributed by atoms with Crippen molar-refractivity contribution in [3.05, 3.63) is 35.4 Å². The molecule has 0 amide bonds. The molecule has 20 heavy (non-hydrogen) atoms. The van der Waals surface area contributed by atoms with Crippen molar-refractivity contribution in [3.8, 4) is 11.8 Å². The Morgan fingerprint density at radius 1 is 1.25 bits per heavy atom. The molecular formula is C18H26N2. The largest absolute Gasteiger partial charge is 0.320 e. The summed E-state index contributed by atoms with van der Waals surface area (Å²) in [5.74, 6) is 6.77. The zero-order valence-corrected chi connectivity index (χ0v) is 12.9. The fourth-order valence-electron chi connectivity index (χ4n) is 2.79. The molecule has 1 unspecified atom stereocenters. The zero-order chi connectivity index (χ0) is 14.6. The molecule has 0 aliphatic carbocycles. The van der Waals surface area contributed by atoms with E-state index in [0.29, 0.717) is 12.0 Å². The number of hydrogen-bond donors (Lipinski definition) is 1. The molecule has 1 aliphatic heterocycles. The second kappa shape index (κ2) is 6.43. The van der Waals surface area contributed by atoms with Crippen molar-refractivity contribution in [2.75, 3.05) is 19.6 Å². The van der Waals surface area contributed by atoms with Crippen LogP contribution in [0.15, 0.2) is 24.3 Å². The lowest BCUT2D eigenvalue weighted by molar-refractivity contribution is 0.226. The number of benzene rings is 1. The third kappa shape index (κ3) is 4.10. The molecule has 1 fully saturated rings. The van der Waals surface area contributed by atoms with E-state index in [2.05, 4.69) is 61.8 Å². The second-order valence-corrected chi connectivity index (χ2v) is 6.79. The predicted octanol–water partition coefficient (Wildman–Crippen LogP) is 2.86. The van der Waals surface area contributed by atoms with Crippen LogP contribution >= 0.6 is 0 Å². The van der Waals surface area contributed by atoms with Gasteiger partial charge in [-0.2, -0.15) is 0 Å². The van der Waals surface area contributed by atoms with Crippen molar-refractivity contribution in [1.29, 1.82) is 0 Å². The Morgan fingerprint density at radius 2 is 1.95 bits per heavy atom. The minimum absolute atomic E-state index is 0.420. The van der Waals surface area contributed by atoms with Crippen LogP contribution in [0.2, 0.25) is 0 Å². The Bertz CT molecular complexity index is 485. The normalized spacial score (nSPS) is 19.7. The van der Waals surface area contributed by atoms with Gasteiger partial charge in [-0.05, 0) is 42.0 Å². The van der Waals surface area contributed by atoms with Gasteiger partial charge < -0.3 is 5.73 Å². The van der Waals surface area contributed by atoms with E-state index in [0.717, 1.165) is 18.0 Å². The van der Waals surface area contributed by atoms with E-state index in [4.69, 9.17) is 5.73 Å². The average Bonchev–Trinajstić information content (AvgIpc) is 2.86. The van der Waals surface area contributed by atoms with E-state index >= 15 is 0 Å². The topological polar surface area (TPSA) is 29.3 Å². The van der Waals surface area contributed by atoms with Crippen LogP contribution in [0.3, 0.4) is 0 Å². The quantitative estimate of drug-likeness (QED) is 0.837. The molecule has 2 nitrogen and oxygen atoms in total. The van der Waals surface area contributed by atoms with E-state index in [-0.39, 0.29) is 0 Å². The van der Waals surface area contributed by atoms with Gasteiger partial charge in [-0.3, -0.25) is 4.90 Å². The number of likely N-dealkylation sites (tertiary alicyclic amines) is 1. The molecule has 108 valence electrons. The number of rotatable bonds is 2.